The van der Waals surface area contributed by atoms with Gasteiger partial charge in [0.2, 0.25) is 0 Å². The average molecular weight is 384 g/mol. The number of halogens is 3. The summed E-state index contributed by atoms with van der Waals surface area (Å²) in [6.45, 7) is 1.41. The first-order valence-corrected chi connectivity index (χ1v) is 8.78. The number of nitrogens with zero attached hydrogens (tertiary/aromatic N) is 4. The molecule has 1 aliphatic rings. The molecule has 0 N–H and O–H groups in total. The zero-order valence-corrected chi connectivity index (χ0v) is 14.7. The molecule has 1 saturated heterocycles. The van der Waals surface area contributed by atoms with Crippen molar-refractivity contribution < 1.29 is 13.2 Å². The average Bonchev–Trinajstić information content (AvgIpc) is 3.21. The highest BCUT2D eigenvalue weighted by molar-refractivity contribution is 5.91. The van der Waals surface area contributed by atoms with Gasteiger partial charge in [0.15, 0.2) is 0 Å². The molecule has 0 radical (unpaired) electrons. The Balaban J connectivity index is 2.05. The van der Waals surface area contributed by atoms with E-state index < -0.39 is 17.4 Å². The fraction of sp³-hybridized carbons (Fsp3) is 0.250. The van der Waals surface area contributed by atoms with Crippen LogP contribution in [0.5, 0.6) is 0 Å². The Morgan fingerprint density at radius 1 is 1.07 bits per heavy atom. The topological polar surface area (TPSA) is 61.9 Å². The summed E-state index contributed by atoms with van der Waals surface area (Å²) < 4.78 is 41.1. The summed E-state index contributed by atoms with van der Waals surface area (Å²) in [5, 5.41) is 9.59. The van der Waals surface area contributed by atoms with Crippen molar-refractivity contribution in [2.45, 2.75) is 19.0 Å². The zero-order valence-electron chi connectivity index (χ0n) is 14.7. The molecule has 0 saturated carbocycles. The minimum atomic E-state index is -4.54. The molecular formula is C20H15F3N4O. The zero-order chi connectivity index (χ0) is 19.9. The summed E-state index contributed by atoms with van der Waals surface area (Å²) in [5.41, 5.74) is -0.805. The maximum atomic E-state index is 13.3. The third-order valence-corrected chi connectivity index (χ3v) is 4.84. The van der Waals surface area contributed by atoms with Crippen LogP contribution in [0.2, 0.25) is 0 Å². The predicted octanol–water partition coefficient (Wildman–Crippen LogP) is 3.88. The number of nitriles is 1. The summed E-state index contributed by atoms with van der Waals surface area (Å²) in [4.78, 5) is 18.9. The third-order valence-electron chi connectivity index (χ3n) is 4.84. The molecule has 0 spiro atoms. The molecule has 0 unspecified atom stereocenters. The van der Waals surface area contributed by atoms with Crippen molar-refractivity contribution in [3.8, 4) is 11.8 Å². The largest absolute Gasteiger partial charge is 0.416 e. The van der Waals surface area contributed by atoms with Gasteiger partial charge in [0.25, 0.3) is 0 Å². The molecule has 4 rings (SSSR count). The van der Waals surface area contributed by atoms with Gasteiger partial charge in [-0.2, -0.15) is 23.4 Å². The molecule has 2 aromatic carbocycles. The van der Waals surface area contributed by atoms with E-state index >= 15 is 0 Å². The quantitative estimate of drug-likeness (QED) is 0.673. The lowest BCUT2D eigenvalue weighted by Crippen LogP contribution is -2.28. The standard InChI is InChI=1S/C20H15F3N4O/c21-20(22,23)14-6-7-16-17(11-14)27(15-5-3-4-13(10-15)12-24)19(28)25-18(16)26-8-1-2-9-26/h3-7,10-11H,1-2,8-9H2. The van der Waals surface area contributed by atoms with Crippen LogP contribution in [0.4, 0.5) is 19.0 Å². The van der Waals surface area contributed by atoms with E-state index in [1.807, 2.05) is 11.0 Å². The first-order chi connectivity index (χ1) is 13.4. The number of hydrogen-bond donors (Lipinski definition) is 0. The van der Waals surface area contributed by atoms with E-state index in [2.05, 4.69) is 4.98 Å². The maximum absolute atomic E-state index is 13.3. The van der Waals surface area contributed by atoms with E-state index in [0.29, 0.717) is 35.5 Å². The van der Waals surface area contributed by atoms with Gasteiger partial charge in [-0.1, -0.05) is 6.07 Å². The summed E-state index contributed by atoms with van der Waals surface area (Å²) in [5.74, 6) is 0.402. The Labute approximate surface area is 158 Å². The fourth-order valence-electron chi connectivity index (χ4n) is 3.52. The second-order valence-electron chi connectivity index (χ2n) is 6.64. The van der Waals surface area contributed by atoms with Crippen LogP contribution in [0.15, 0.2) is 47.3 Å². The second kappa shape index (κ2) is 6.68. The van der Waals surface area contributed by atoms with Crippen molar-refractivity contribution in [2.24, 2.45) is 0 Å². The van der Waals surface area contributed by atoms with Gasteiger partial charge >= 0.3 is 11.9 Å². The smallest absolute Gasteiger partial charge is 0.356 e. The molecule has 28 heavy (non-hydrogen) atoms. The number of fused-ring (bicyclic) bond motifs is 1. The third kappa shape index (κ3) is 3.09. The van der Waals surface area contributed by atoms with Gasteiger partial charge in [-0.3, -0.25) is 4.57 Å². The Morgan fingerprint density at radius 2 is 1.82 bits per heavy atom. The Hall–Kier alpha value is -3.34. The Kier molecular flexibility index (Phi) is 4.30. The van der Waals surface area contributed by atoms with Crippen LogP contribution in [0.1, 0.15) is 24.0 Å². The van der Waals surface area contributed by atoms with Crippen molar-refractivity contribution in [1.82, 2.24) is 9.55 Å². The number of hydrogen-bond acceptors (Lipinski definition) is 4. The number of anilines is 1. The lowest BCUT2D eigenvalue weighted by Gasteiger charge is -2.21. The van der Waals surface area contributed by atoms with Crippen LogP contribution in [0.25, 0.3) is 16.6 Å². The Bertz CT molecular complexity index is 1150. The summed E-state index contributed by atoms with van der Waals surface area (Å²) in [6.07, 6.45) is -2.66. The molecule has 8 heteroatoms. The van der Waals surface area contributed by atoms with Crippen LogP contribution >= 0.6 is 0 Å². The van der Waals surface area contributed by atoms with E-state index in [-0.39, 0.29) is 5.52 Å². The molecular weight excluding hydrogens is 369 g/mol. The van der Waals surface area contributed by atoms with E-state index in [1.165, 1.54) is 12.1 Å². The van der Waals surface area contributed by atoms with Gasteiger partial charge in [-0.15, -0.1) is 0 Å². The fourth-order valence-corrected chi connectivity index (χ4v) is 3.52. The number of rotatable bonds is 2. The highest BCUT2D eigenvalue weighted by Crippen LogP contribution is 2.34. The first-order valence-electron chi connectivity index (χ1n) is 8.78. The van der Waals surface area contributed by atoms with Gasteiger partial charge in [0.05, 0.1) is 28.4 Å². The first kappa shape index (κ1) is 18.0. The minimum Gasteiger partial charge on any atom is -0.356 e. The van der Waals surface area contributed by atoms with Crippen LogP contribution in [-0.2, 0) is 6.18 Å². The summed E-state index contributed by atoms with van der Waals surface area (Å²) >= 11 is 0. The van der Waals surface area contributed by atoms with Crippen molar-refractivity contribution in [3.63, 3.8) is 0 Å². The summed E-state index contributed by atoms with van der Waals surface area (Å²) in [6, 6.07) is 11.5. The number of alkyl halides is 3. The van der Waals surface area contributed by atoms with E-state index in [9.17, 15) is 18.0 Å². The molecule has 1 aliphatic heterocycles. The lowest BCUT2D eigenvalue weighted by molar-refractivity contribution is -0.137. The van der Waals surface area contributed by atoms with Gasteiger partial charge in [-0.05, 0) is 49.2 Å². The normalized spacial score (nSPS) is 14.4. The van der Waals surface area contributed by atoms with E-state index in [0.717, 1.165) is 29.5 Å². The van der Waals surface area contributed by atoms with Crippen LogP contribution in [0.3, 0.4) is 0 Å². The van der Waals surface area contributed by atoms with Gasteiger partial charge in [0, 0.05) is 18.5 Å². The predicted molar refractivity (Wildman–Crippen MR) is 98.5 cm³/mol. The highest BCUT2D eigenvalue weighted by Gasteiger charge is 2.31. The van der Waals surface area contributed by atoms with Crippen molar-refractivity contribution in [1.29, 1.82) is 5.26 Å². The number of benzene rings is 2. The molecule has 0 bridgehead atoms. The monoisotopic (exact) mass is 384 g/mol. The molecule has 142 valence electrons. The lowest BCUT2D eigenvalue weighted by atomic mass is 10.1. The molecule has 0 amide bonds. The molecule has 1 aromatic heterocycles. The van der Waals surface area contributed by atoms with Crippen LogP contribution in [0, 0.1) is 11.3 Å². The molecule has 2 heterocycles. The molecule has 0 atom stereocenters. The van der Waals surface area contributed by atoms with E-state index in [1.54, 1.807) is 18.2 Å². The minimum absolute atomic E-state index is 0.117. The van der Waals surface area contributed by atoms with Crippen molar-refractivity contribution >= 4 is 16.7 Å². The maximum Gasteiger partial charge on any atom is 0.416 e. The van der Waals surface area contributed by atoms with Gasteiger partial charge in [-0.25, -0.2) is 4.79 Å². The van der Waals surface area contributed by atoms with Crippen LogP contribution in [-0.4, -0.2) is 22.6 Å². The molecule has 0 aliphatic carbocycles. The van der Waals surface area contributed by atoms with Crippen LogP contribution < -0.4 is 10.6 Å². The SMILES string of the molecule is N#Cc1cccc(-n2c(=O)nc(N3CCCC3)c3ccc(C(F)(F)F)cc32)c1. The second-order valence-corrected chi connectivity index (χ2v) is 6.64. The van der Waals surface area contributed by atoms with Crippen molar-refractivity contribution in [2.75, 3.05) is 18.0 Å². The van der Waals surface area contributed by atoms with Crippen molar-refractivity contribution in [3.05, 3.63) is 64.1 Å². The Morgan fingerprint density at radius 3 is 2.50 bits per heavy atom. The van der Waals surface area contributed by atoms with E-state index in [4.69, 9.17) is 5.26 Å². The van der Waals surface area contributed by atoms with Gasteiger partial charge in [0.1, 0.15) is 5.82 Å². The van der Waals surface area contributed by atoms with Gasteiger partial charge < -0.3 is 4.90 Å². The molecule has 5 nitrogen and oxygen atoms in total. The molecule has 1 fully saturated rings. The highest BCUT2D eigenvalue weighted by atomic mass is 19.4. The molecule has 3 aromatic rings. The summed E-state index contributed by atoms with van der Waals surface area (Å²) in [7, 11) is 0. The number of aromatic nitrogens is 2.